The van der Waals surface area contributed by atoms with Gasteiger partial charge in [0.2, 0.25) is 0 Å². The second-order valence-electron chi connectivity index (χ2n) is 12.4. The summed E-state index contributed by atoms with van der Waals surface area (Å²) >= 11 is 0. The van der Waals surface area contributed by atoms with Crippen LogP contribution in [-0.2, 0) is 0 Å². The summed E-state index contributed by atoms with van der Waals surface area (Å²) in [7, 11) is 0. The van der Waals surface area contributed by atoms with Gasteiger partial charge in [0.05, 0.1) is 44.8 Å². The largest absolute Gasteiger partial charge is 0.245 e. The Morgan fingerprint density at radius 2 is 0.583 bits per heavy atom. The maximum atomic E-state index is 5.16. The first-order valence-electron chi connectivity index (χ1n) is 16.2. The summed E-state index contributed by atoms with van der Waals surface area (Å²) in [5.74, 6) is 0. The lowest BCUT2D eigenvalue weighted by molar-refractivity contribution is 1.34. The molecule has 9 aromatic rings. The molecule has 0 N–H and O–H groups in total. The third-order valence-electron chi connectivity index (χ3n) is 9.36. The second kappa shape index (κ2) is 11.2. The second-order valence-corrected chi connectivity index (χ2v) is 12.4. The Labute approximate surface area is 278 Å². The van der Waals surface area contributed by atoms with E-state index in [-0.39, 0.29) is 0 Å². The van der Waals surface area contributed by atoms with Gasteiger partial charge in [-0.05, 0) is 49.2 Å². The van der Waals surface area contributed by atoms with Crippen LogP contribution in [0.2, 0.25) is 0 Å². The molecule has 0 aliphatic heterocycles. The van der Waals surface area contributed by atoms with Gasteiger partial charge in [-0.1, -0.05) is 121 Å². The predicted octanol–water partition coefficient (Wildman–Crippen LogP) is 11.2. The van der Waals surface area contributed by atoms with E-state index in [2.05, 4.69) is 159 Å². The van der Waals surface area contributed by atoms with Crippen LogP contribution in [0.1, 0.15) is 11.1 Å². The van der Waals surface area contributed by atoms with Gasteiger partial charge >= 0.3 is 0 Å². The van der Waals surface area contributed by atoms with Crippen molar-refractivity contribution in [1.82, 2.24) is 19.9 Å². The number of aromatic nitrogens is 4. The van der Waals surface area contributed by atoms with Crippen LogP contribution < -0.4 is 0 Å². The Morgan fingerprint density at radius 1 is 0.292 bits per heavy atom. The van der Waals surface area contributed by atoms with Crippen LogP contribution in [0, 0.1) is 13.8 Å². The van der Waals surface area contributed by atoms with Crippen LogP contribution >= 0.6 is 0 Å². The van der Waals surface area contributed by atoms with Gasteiger partial charge in [-0.2, -0.15) is 0 Å². The van der Waals surface area contributed by atoms with E-state index in [0.29, 0.717) is 0 Å². The summed E-state index contributed by atoms with van der Waals surface area (Å²) in [6.45, 7) is 4.25. The highest BCUT2D eigenvalue weighted by molar-refractivity contribution is 6.05. The molecule has 0 amide bonds. The third kappa shape index (κ3) is 4.78. The molecule has 4 aromatic heterocycles. The van der Waals surface area contributed by atoms with Crippen molar-refractivity contribution < 1.29 is 0 Å². The van der Waals surface area contributed by atoms with Gasteiger partial charge in [0.25, 0.3) is 0 Å². The van der Waals surface area contributed by atoms with E-state index in [1.54, 1.807) is 0 Å². The van der Waals surface area contributed by atoms with Crippen molar-refractivity contribution in [2.24, 2.45) is 0 Å². The Morgan fingerprint density at radius 3 is 0.938 bits per heavy atom. The zero-order chi connectivity index (χ0) is 32.2. The summed E-state index contributed by atoms with van der Waals surface area (Å²) in [6, 6.07) is 50.7. The lowest BCUT2D eigenvalue weighted by atomic mass is 10.0. The minimum Gasteiger partial charge on any atom is -0.245 e. The average molecular weight is 615 g/mol. The molecular formula is C44H30N4. The number of pyridine rings is 4. The Hall–Kier alpha value is -6.26. The third-order valence-corrected chi connectivity index (χ3v) is 9.36. The van der Waals surface area contributed by atoms with Crippen LogP contribution in [0.5, 0.6) is 0 Å². The molecule has 4 heteroatoms. The van der Waals surface area contributed by atoms with E-state index in [9.17, 15) is 0 Å². The topological polar surface area (TPSA) is 51.6 Å². The van der Waals surface area contributed by atoms with Crippen molar-refractivity contribution in [3.63, 3.8) is 0 Å². The molecule has 0 aliphatic rings. The van der Waals surface area contributed by atoms with Crippen molar-refractivity contribution >= 4 is 43.6 Å². The van der Waals surface area contributed by atoms with Crippen molar-refractivity contribution in [3.05, 3.63) is 157 Å². The summed E-state index contributed by atoms with van der Waals surface area (Å²) in [5.41, 5.74) is 14.2. The summed E-state index contributed by atoms with van der Waals surface area (Å²) in [4.78, 5) is 20.6. The Balaban J connectivity index is 1.10. The molecule has 0 radical (unpaired) electrons. The van der Waals surface area contributed by atoms with Crippen LogP contribution in [-0.4, -0.2) is 19.9 Å². The average Bonchev–Trinajstić information content (AvgIpc) is 3.14. The predicted molar refractivity (Wildman–Crippen MR) is 199 cm³/mol. The maximum absolute atomic E-state index is 5.16. The van der Waals surface area contributed by atoms with E-state index in [1.807, 2.05) is 0 Å². The highest BCUT2D eigenvalue weighted by Crippen LogP contribution is 2.32. The molecule has 4 nitrogen and oxygen atoms in total. The number of aryl methyl sites for hydroxylation is 2. The lowest BCUT2D eigenvalue weighted by Crippen LogP contribution is -1.93. The van der Waals surface area contributed by atoms with Crippen LogP contribution in [0.15, 0.2) is 146 Å². The quantitative estimate of drug-likeness (QED) is 0.185. The van der Waals surface area contributed by atoms with Gasteiger partial charge in [-0.25, -0.2) is 19.9 Å². The molecular weight excluding hydrogens is 585 g/mol. The fraction of sp³-hybridized carbons (Fsp3) is 0.0455. The highest BCUT2D eigenvalue weighted by Gasteiger charge is 2.12. The fourth-order valence-electron chi connectivity index (χ4n) is 6.69. The molecule has 0 fully saturated rings. The van der Waals surface area contributed by atoms with Crippen molar-refractivity contribution in [2.45, 2.75) is 13.8 Å². The SMILES string of the molecule is Cc1ccccc1-c1ccc2ccc3ccc(-c4ccc(-c5ccc6ccc7ccc(-c8ccccc8C)nc7c6n5)cc4)nc3c2n1. The molecule has 0 saturated heterocycles. The van der Waals surface area contributed by atoms with Crippen LogP contribution in [0.4, 0.5) is 0 Å². The van der Waals surface area contributed by atoms with Crippen molar-refractivity contribution in [1.29, 1.82) is 0 Å². The molecule has 4 heterocycles. The molecule has 0 spiro atoms. The smallest absolute Gasteiger partial charge is 0.0972 e. The maximum Gasteiger partial charge on any atom is 0.0972 e. The zero-order valence-electron chi connectivity index (χ0n) is 26.6. The molecule has 0 saturated carbocycles. The van der Waals surface area contributed by atoms with Gasteiger partial charge < -0.3 is 0 Å². The van der Waals surface area contributed by atoms with Gasteiger partial charge in [-0.3, -0.25) is 0 Å². The number of fused-ring (bicyclic) bond motifs is 6. The zero-order valence-corrected chi connectivity index (χ0v) is 26.6. The monoisotopic (exact) mass is 614 g/mol. The first-order valence-corrected chi connectivity index (χ1v) is 16.2. The van der Waals surface area contributed by atoms with Gasteiger partial charge in [0.1, 0.15) is 0 Å². The van der Waals surface area contributed by atoms with E-state index in [4.69, 9.17) is 19.9 Å². The molecule has 9 rings (SSSR count). The first-order chi connectivity index (χ1) is 23.6. The van der Waals surface area contributed by atoms with Crippen molar-refractivity contribution in [2.75, 3.05) is 0 Å². The normalized spacial score (nSPS) is 11.5. The summed E-state index contributed by atoms with van der Waals surface area (Å²) in [6.07, 6.45) is 0. The Kier molecular flexibility index (Phi) is 6.54. The van der Waals surface area contributed by atoms with E-state index in [1.165, 1.54) is 11.1 Å². The number of rotatable bonds is 4. The van der Waals surface area contributed by atoms with Gasteiger partial charge in [-0.15, -0.1) is 0 Å². The highest BCUT2D eigenvalue weighted by atomic mass is 14.8. The number of hydrogen-bond donors (Lipinski definition) is 0. The molecule has 0 unspecified atom stereocenters. The molecule has 0 aliphatic carbocycles. The summed E-state index contributed by atoms with van der Waals surface area (Å²) in [5, 5.41) is 4.30. The summed E-state index contributed by atoms with van der Waals surface area (Å²) < 4.78 is 0. The van der Waals surface area contributed by atoms with Gasteiger partial charge in [0.15, 0.2) is 0 Å². The minimum atomic E-state index is 0.908. The Bertz CT molecular complexity index is 2510. The molecule has 226 valence electrons. The van der Waals surface area contributed by atoms with Crippen LogP contribution in [0.3, 0.4) is 0 Å². The number of hydrogen-bond acceptors (Lipinski definition) is 4. The first kappa shape index (κ1) is 28.0. The molecule has 48 heavy (non-hydrogen) atoms. The molecule has 5 aromatic carbocycles. The van der Waals surface area contributed by atoms with E-state index < -0.39 is 0 Å². The van der Waals surface area contributed by atoms with Gasteiger partial charge in [0, 0.05) is 43.8 Å². The van der Waals surface area contributed by atoms with Crippen LogP contribution in [0.25, 0.3) is 88.6 Å². The van der Waals surface area contributed by atoms with Crippen molar-refractivity contribution in [3.8, 4) is 45.0 Å². The van der Waals surface area contributed by atoms with E-state index in [0.717, 1.165) is 88.6 Å². The standard InChI is InChI=1S/C44H30N4/c1-27-7-3-5-9-35(27)39-25-21-33-17-15-31-19-23-37(45-41(31)43(33)47-39)29-11-13-30(14-12-29)38-24-20-32-16-18-34-22-26-40(48-44(34)42(32)46-38)36-10-6-4-8-28(36)2/h3-26H,1-2H3. The minimum absolute atomic E-state index is 0.908. The van der Waals surface area contributed by atoms with E-state index >= 15 is 0 Å². The fourth-order valence-corrected chi connectivity index (χ4v) is 6.69. The number of benzene rings is 5. The molecule has 0 bridgehead atoms. The lowest BCUT2D eigenvalue weighted by Gasteiger charge is -2.10. The number of nitrogens with zero attached hydrogens (tertiary/aromatic N) is 4. The molecule has 0 atom stereocenters.